The molecule has 0 N–H and O–H groups in total. The van der Waals surface area contributed by atoms with Crippen molar-refractivity contribution in [3.63, 3.8) is 0 Å². The van der Waals surface area contributed by atoms with Gasteiger partial charge in [-0.05, 0) is 116 Å². The van der Waals surface area contributed by atoms with Crippen molar-refractivity contribution in [3.05, 3.63) is 0 Å². The Morgan fingerprint density at radius 2 is 0.407 bits per heavy atom. The molecule has 0 radical (unpaired) electrons. The Morgan fingerprint density at radius 3 is 0.519 bits per heavy atom. The highest BCUT2D eigenvalue weighted by Gasteiger charge is 2.54. The summed E-state index contributed by atoms with van der Waals surface area (Å²) < 4.78 is 53.1. The Balaban J connectivity index is 1.40. The molecule has 9 fully saturated rings. The quantitative estimate of drug-likeness (QED) is 0.170. The second-order valence-corrected chi connectivity index (χ2v) is 26.7. The summed E-state index contributed by atoms with van der Waals surface area (Å²) in [6.07, 6.45) is 22.8. The van der Waals surface area contributed by atoms with Gasteiger partial charge in [-0.25, -0.2) is 42.0 Å². The number of rotatable bonds is 13. The first-order valence-corrected chi connectivity index (χ1v) is 28.0. The van der Waals surface area contributed by atoms with Gasteiger partial charge >= 0.3 is 5.97 Å². The van der Waals surface area contributed by atoms with E-state index in [4.69, 9.17) is 18.8 Å². The highest BCUT2D eigenvalue weighted by Crippen LogP contribution is 2.71. The molecule has 0 aliphatic carbocycles. The normalized spacial score (nSPS) is 29.3. The molecule has 13 nitrogen and oxygen atoms in total. The van der Waals surface area contributed by atoms with E-state index in [1.165, 1.54) is 116 Å². The van der Waals surface area contributed by atoms with Crippen LogP contribution in [0.3, 0.4) is 0 Å². The first-order chi connectivity index (χ1) is 26.6. The average Bonchev–Trinajstić information content (AvgIpc) is 4.09. The zero-order valence-corrected chi connectivity index (χ0v) is 37.5. The molecule has 0 bridgehead atoms. The maximum atomic E-state index is 7.30. The number of nitrogens with zero attached hydrogens (tertiary/aromatic N) is 12. The highest BCUT2D eigenvalue weighted by molar-refractivity contribution is 7.60. The van der Waals surface area contributed by atoms with E-state index in [1.54, 1.807) is 0 Å². The Hall–Kier alpha value is 0.720. The second kappa shape index (κ2) is 17.7. The van der Waals surface area contributed by atoms with Crippen LogP contribution in [0.15, 0.2) is 14.2 Å². The Kier molecular flexibility index (Phi) is 13.2. The number of hydrogen-bond acceptors (Lipinski definition) is 4. The molecule has 1 unspecified atom stereocenters. The molecular formula is C37H74N12OP4. The van der Waals surface area contributed by atoms with Crippen LogP contribution in [0, 0.1) is 0 Å². The lowest BCUT2D eigenvalue weighted by molar-refractivity contribution is 0.121. The molecule has 9 aliphatic rings. The lowest BCUT2D eigenvalue weighted by Gasteiger charge is -2.51. The van der Waals surface area contributed by atoms with Crippen molar-refractivity contribution < 1.29 is 4.52 Å². The van der Waals surface area contributed by atoms with Crippen LogP contribution < -0.4 is 0 Å². The molecule has 0 spiro atoms. The van der Waals surface area contributed by atoms with E-state index in [0.29, 0.717) is 0 Å². The first kappa shape index (κ1) is 40.1. The van der Waals surface area contributed by atoms with Gasteiger partial charge < -0.3 is 0 Å². The van der Waals surface area contributed by atoms with E-state index in [2.05, 4.69) is 51.5 Å². The van der Waals surface area contributed by atoms with Crippen molar-refractivity contribution in [2.24, 2.45) is 14.2 Å². The summed E-state index contributed by atoms with van der Waals surface area (Å²) in [5.41, 5.74) is 0. The summed E-state index contributed by atoms with van der Waals surface area (Å²) in [5, 5.41) is 0. The van der Waals surface area contributed by atoms with E-state index in [-0.39, 0.29) is 0 Å². The topological polar surface area (TPSA) is 75.5 Å². The molecule has 54 heavy (non-hydrogen) atoms. The van der Waals surface area contributed by atoms with Gasteiger partial charge in [0.2, 0.25) is 0 Å². The summed E-state index contributed by atoms with van der Waals surface area (Å²) in [7, 11) is -4.40. The Morgan fingerprint density at radius 1 is 0.278 bits per heavy atom. The molecule has 1 atom stereocenters. The lowest BCUT2D eigenvalue weighted by atomic mass is 10.4. The average molecular weight is 827 g/mol. The largest absolute Gasteiger partial charge is 0.372 e. The molecule has 0 aromatic carbocycles. The van der Waals surface area contributed by atoms with Crippen LogP contribution in [0.25, 0.3) is 0 Å². The molecule has 9 aliphatic heterocycles. The highest BCUT2D eigenvalue weighted by atomic mass is 31.2. The van der Waals surface area contributed by atoms with Crippen LogP contribution >= 0.6 is 32.0 Å². The minimum absolute atomic E-state index is 1.13. The fourth-order valence-corrected chi connectivity index (χ4v) is 25.4. The maximum absolute atomic E-state index is 7.30. The van der Waals surface area contributed by atoms with Crippen LogP contribution in [-0.4, -0.2) is 166 Å². The minimum atomic E-state index is -2.41. The van der Waals surface area contributed by atoms with Crippen LogP contribution in [0.4, 0.5) is 0 Å². The SMILES string of the molecule is POC(N=P(N1CCCC1)(N1CCCC1)N1CCCC1)(N=P(N1CCCC1)(N1CCCC1)N1CCCC1)N=P(N1CCCC1)(N1CCCC1)N1CCCC1. The third-order valence-corrected chi connectivity index (χ3v) is 26.4. The predicted octanol–water partition coefficient (Wildman–Crippen LogP) is 8.11. The molecule has 308 valence electrons. The monoisotopic (exact) mass is 827 g/mol. The minimum Gasteiger partial charge on any atom is -0.300 e. The first-order valence-electron chi connectivity index (χ1n) is 22.7. The van der Waals surface area contributed by atoms with Crippen molar-refractivity contribution in [2.75, 3.05) is 118 Å². The van der Waals surface area contributed by atoms with Crippen molar-refractivity contribution in [3.8, 4) is 0 Å². The zero-order chi connectivity index (χ0) is 36.5. The fraction of sp³-hybridized carbons (Fsp3) is 1.00. The Bertz CT molecular complexity index is 1110. The van der Waals surface area contributed by atoms with E-state index >= 15 is 0 Å². The molecule has 0 amide bonds. The molecule has 0 aromatic heterocycles. The van der Waals surface area contributed by atoms with Gasteiger partial charge in [0, 0.05) is 127 Å². The number of hydrogen-bond donors (Lipinski definition) is 0. The van der Waals surface area contributed by atoms with E-state index < -0.39 is 28.5 Å². The molecule has 17 heteroatoms. The predicted molar refractivity (Wildman–Crippen MR) is 229 cm³/mol. The second-order valence-electron chi connectivity index (χ2n) is 17.5. The van der Waals surface area contributed by atoms with Gasteiger partial charge in [0.25, 0.3) is 0 Å². The summed E-state index contributed by atoms with van der Waals surface area (Å²) in [6.45, 7) is 20.4. The van der Waals surface area contributed by atoms with E-state index in [1.807, 2.05) is 0 Å². The standard InChI is InChI=1S/C37H74N12OP4/c51-50-37(38-52(41-19-1-2-20-41,42-21-3-4-22-42)43-23-5-6-24-43,39-53(44-25-7-8-26-44,45-27-9-10-28-45)46-29-11-12-30-46)40-54(47-31-13-14-32-47,48-33-15-16-34-48)49-35-17-18-36-49/h1-36,51H2. The van der Waals surface area contributed by atoms with Crippen LogP contribution in [-0.2, 0) is 4.52 Å². The van der Waals surface area contributed by atoms with Crippen molar-refractivity contribution in [1.82, 2.24) is 42.0 Å². The van der Waals surface area contributed by atoms with Gasteiger partial charge in [-0.3, -0.25) is 4.52 Å². The third kappa shape index (κ3) is 7.33. The van der Waals surface area contributed by atoms with Gasteiger partial charge in [-0.2, -0.15) is 14.2 Å². The molecule has 9 rings (SSSR count). The summed E-state index contributed by atoms with van der Waals surface area (Å²) in [5.74, 6) is -1.32. The van der Waals surface area contributed by atoms with Crippen LogP contribution in [0.2, 0.25) is 0 Å². The molecule has 9 saturated heterocycles. The van der Waals surface area contributed by atoms with Crippen molar-refractivity contribution >= 4 is 32.0 Å². The van der Waals surface area contributed by atoms with Gasteiger partial charge in [-0.1, -0.05) is 0 Å². The van der Waals surface area contributed by atoms with Crippen molar-refractivity contribution in [2.45, 2.75) is 122 Å². The molecule has 9 heterocycles. The third-order valence-electron chi connectivity index (χ3n) is 14.1. The van der Waals surface area contributed by atoms with E-state index in [0.717, 1.165) is 118 Å². The van der Waals surface area contributed by atoms with Gasteiger partial charge in [0.15, 0.2) is 22.5 Å². The van der Waals surface area contributed by atoms with Gasteiger partial charge in [-0.15, -0.1) is 0 Å². The Labute approximate surface area is 331 Å². The van der Waals surface area contributed by atoms with Crippen LogP contribution in [0.5, 0.6) is 0 Å². The van der Waals surface area contributed by atoms with Gasteiger partial charge in [0.1, 0.15) is 0 Å². The zero-order valence-electron chi connectivity index (χ0n) is 33.6. The smallest absolute Gasteiger partial charge is 0.300 e. The molecule has 0 aromatic rings. The summed E-state index contributed by atoms with van der Waals surface area (Å²) >= 11 is 0. The van der Waals surface area contributed by atoms with Crippen LogP contribution in [0.1, 0.15) is 116 Å². The van der Waals surface area contributed by atoms with Crippen molar-refractivity contribution in [1.29, 1.82) is 0 Å². The van der Waals surface area contributed by atoms with Gasteiger partial charge in [0.05, 0.1) is 0 Å². The molecule has 0 saturated carbocycles. The fourth-order valence-electron chi connectivity index (χ4n) is 11.6. The maximum Gasteiger partial charge on any atom is 0.372 e. The summed E-state index contributed by atoms with van der Waals surface area (Å²) in [4.78, 5) is 0. The van der Waals surface area contributed by atoms with E-state index in [9.17, 15) is 0 Å². The summed E-state index contributed by atoms with van der Waals surface area (Å²) in [6, 6.07) is 0. The molecular weight excluding hydrogens is 752 g/mol. The lowest BCUT2D eigenvalue weighted by Crippen LogP contribution is -2.43.